The lowest BCUT2D eigenvalue weighted by atomic mass is 9.99. The molecule has 0 atom stereocenters. The predicted octanol–water partition coefficient (Wildman–Crippen LogP) is 4.32. The fraction of sp³-hybridized carbons (Fsp3) is 0.238. The molecule has 0 unspecified atom stereocenters. The van der Waals surface area contributed by atoms with Crippen LogP contribution in [0.1, 0.15) is 21.6 Å². The molecule has 156 valence electrons. The van der Waals surface area contributed by atoms with Crippen LogP contribution in [0.15, 0.2) is 48.5 Å². The van der Waals surface area contributed by atoms with Gasteiger partial charge in [0.05, 0.1) is 23.5 Å². The first-order valence-corrected chi connectivity index (χ1v) is 9.18. The first-order valence-electron chi connectivity index (χ1n) is 9.18. The van der Waals surface area contributed by atoms with Crippen LogP contribution in [-0.4, -0.2) is 33.5 Å². The van der Waals surface area contributed by atoms with Gasteiger partial charge >= 0.3 is 6.36 Å². The summed E-state index contributed by atoms with van der Waals surface area (Å²) < 4.78 is 57.3. The number of hydrogen-bond acceptors (Lipinski definition) is 3. The van der Waals surface area contributed by atoms with Gasteiger partial charge in [-0.05, 0) is 18.6 Å². The number of ether oxygens (including phenoxy) is 1. The van der Waals surface area contributed by atoms with Gasteiger partial charge in [-0.25, -0.2) is 4.39 Å². The zero-order valence-electron chi connectivity index (χ0n) is 15.9. The smallest absolute Gasteiger partial charge is 0.403 e. The van der Waals surface area contributed by atoms with E-state index in [1.54, 1.807) is 4.68 Å². The molecule has 1 aliphatic heterocycles. The Bertz CT molecular complexity index is 1090. The van der Waals surface area contributed by atoms with E-state index in [9.17, 15) is 22.4 Å². The van der Waals surface area contributed by atoms with Crippen LogP contribution in [0.5, 0.6) is 5.75 Å². The molecule has 4 rings (SSSR count). The van der Waals surface area contributed by atoms with Gasteiger partial charge in [0, 0.05) is 24.7 Å². The van der Waals surface area contributed by atoms with Gasteiger partial charge in [-0.2, -0.15) is 5.10 Å². The maximum absolute atomic E-state index is 14.5. The number of aryl methyl sites for hydroxylation is 1. The fourth-order valence-corrected chi connectivity index (χ4v) is 3.70. The van der Waals surface area contributed by atoms with Crippen molar-refractivity contribution in [3.05, 3.63) is 71.2 Å². The van der Waals surface area contributed by atoms with Gasteiger partial charge in [0.15, 0.2) is 11.6 Å². The molecule has 5 nitrogen and oxygen atoms in total. The minimum atomic E-state index is -5.05. The number of halogens is 4. The van der Waals surface area contributed by atoms with Crippen LogP contribution in [0, 0.1) is 5.82 Å². The van der Waals surface area contributed by atoms with Crippen molar-refractivity contribution in [1.82, 2.24) is 14.7 Å². The minimum absolute atomic E-state index is 0.138. The minimum Gasteiger partial charge on any atom is -0.403 e. The third-order valence-corrected chi connectivity index (χ3v) is 4.95. The molecule has 0 N–H and O–H groups in total. The third kappa shape index (κ3) is 3.74. The second-order valence-corrected chi connectivity index (χ2v) is 6.91. The van der Waals surface area contributed by atoms with Gasteiger partial charge in [-0.15, -0.1) is 13.2 Å². The average Bonchev–Trinajstić information content (AvgIpc) is 3.03. The van der Waals surface area contributed by atoms with E-state index in [0.29, 0.717) is 18.7 Å². The highest BCUT2D eigenvalue weighted by Crippen LogP contribution is 2.32. The predicted molar refractivity (Wildman–Crippen MR) is 100 cm³/mol. The highest BCUT2D eigenvalue weighted by atomic mass is 19.4. The number of benzene rings is 2. The first kappa shape index (κ1) is 19.9. The van der Waals surface area contributed by atoms with Gasteiger partial charge in [-0.3, -0.25) is 9.48 Å². The number of aromatic nitrogens is 2. The molecule has 0 saturated carbocycles. The molecule has 0 radical (unpaired) electrons. The van der Waals surface area contributed by atoms with Crippen LogP contribution in [0.4, 0.5) is 17.6 Å². The largest absolute Gasteiger partial charge is 0.573 e. The maximum atomic E-state index is 14.5. The van der Waals surface area contributed by atoms with E-state index in [1.807, 2.05) is 37.4 Å². The number of alkyl halides is 3. The summed E-state index contributed by atoms with van der Waals surface area (Å²) in [6.45, 7) is 0.430. The molecule has 1 amide bonds. The van der Waals surface area contributed by atoms with Crippen LogP contribution in [-0.2, 0) is 20.0 Å². The molecule has 0 fully saturated rings. The number of rotatable bonds is 3. The van der Waals surface area contributed by atoms with Crippen molar-refractivity contribution < 1.29 is 27.1 Å². The van der Waals surface area contributed by atoms with Gasteiger partial charge in [0.25, 0.3) is 5.91 Å². The maximum Gasteiger partial charge on any atom is 0.573 e. The van der Waals surface area contributed by atoms with Crippen molar-refractivity contribution >= 4 is 5.91 Å². The summed E-state index contributed by atoms with van der Waals surface area (Å²) in [6, 6.07) is 12.8. The molecule has 0 bridgehead atoms. The summed E-state index contributed by atoms with van der Waals surface area (Å²) in [6.07, 6.45) is -4.55. The normalized spacial score (nSPS) is 13.8. The van der Waals surface area contributed by atoms with Crippen LogP contribution in [0.25, 0.3) is 11.3 Å². The average molecular weight is 419 g/mol. The molecule has 0 spiro atoms. The first-order chi connectivity index (χ1) is 14.2. The van der Waals surface area contributed by atoms with E-state index in [0.717, 1.165) is 35.0 Å². The zero-order valence-corrected chi connectivity index (χ0v) is 15.9. The number of fused-ring (bicyclic) bond motifs is 1. The molecule has 0 aliphatic carbocycles. The van der Waals surface area contributed by atoms with Crippen LogP contribution in [0.2, 0.25) is 0 Å². The van der Waals surface area contributed by atoms with E-state index in [-0.39, 0.29) is 6.54 Å². The molecule has 3 aromatic rings. The molecule has 0 saturated heterocycles. The molecule has 2 aromatic carbocycles. The lowest BCUT2D eigenvalue weighted by molar-refractivity contribution is -0.275. The van der Waals surface area contributed by atoms with E-state index in [4.69, 9.17) is 0 Å². The highest BCUT2D eigenvalue weighted by Gasteiger charge is 2.34. The quantitative estimate of drug-likeness (QED) is 0.594. The van der Waals surface area contributed by atoms with Crippen molar-refractivity contribution in [2.45, 2.75) is 19.3 Å². The second-order valence-electron chi connectivity index (χ2n) is 6.91. The van der Waals surface area contributed by atoms with E-state index in [1.165, 1.54) is 4.90 Å². The Labute approximate surface area is 169 Å². The Hall–Kier alpha value is -3.36. The summed E-state index contributed by atoms with van der Waals surface area (Å²) in [5, 5.41) is 4.50. The van der Waals surface area contributed by atoms with Crippen LogP contribution < -0.4 is 4.74 Å². The van der Waals surface area contributed by atoms with Gasteiger partial charge in [0.1, 0.15) is 0 Å². The van der Waals surface area contributed by atoms with E-state index >= 15 is 0 Å². The number of carbonyl (C=O) groups is 1. The van der Waals surface area contributed by atoms with E-state index < -0.39 is 29.4 Å². The summed E-state index contributed by atoms with van der Waals surface area (Å²) in [5.41, 5.74) is 3.15. The Morgan fingerprint density at radius 2 is 1.83 bits per heavy atom. The molecule has 1 aliphatic rings. The summed E-state index contributed by atoms with van der Waals surface area (Å²) in [5.74, 6) is -3.08. The topological polar surface area (TPSA) is 47.4 Å². The highest BCUT2D eigenvalue weighted by molar-refractivity contribution is 5.95. The van der Waals surface area contributed by atoms with Crippen molar-refractivity contribution in [2.24, 2.45) is 7.05 Å². The Morgan fingerprint density at radius 1 is 1.10 bits per heavy atom. The van der Waals surface area contributed by atoms with Crippen molar-refractivity contribution in [2.75, 3.05) is 6.54 Å². The number of amides is 1. The molecular formula is C21H17F4N3O2. The number of nitrogens with zero attached hydrogens (tertiary/aromatic N) is 3. The van der Waals surface area contributed by atoms with Crippen molar-refractivity contribution in [1.29, 1.82) is 0 Å². The lowest BCUT2D eigenvalue weighted by Crippen LogP contribution is -2.36. The van der Waals surface area contributed by atoms with Crippen LogP contribution >= 0.6 is 0 Å². The summed E-state index contributed by atoms with van der Waals surface area (Å²) in [4.78, 5) is 14.2. The zero-order chi connectivity index (χ0) is 21.5. The molecule has 30 heavy (non-hydrogen) atoms. The molecule has 1 aromatic heterocycles. The third-order valence-electron chi connectivity index (χ3n) is 4.95. The van der Waals surface area contributed by atoms with Crippen molar-refractivity contribution in [3.8, 4) is 17.0 Å². The van der Waals surface area contributed by atoms with E-state index in [2.05, 4.69) is 9.84 Å². The SMILES string of the molecule is Cn1nc2c(c1-c1ccccc1)CCN(C(=O)c1cccc(OC(F)(F)F)c1F)C2. The Kier molecular flexibility index (Phi) is 4.97. The Balaban J connectivity index is 1.60. The van der Waals surface area contributed by atoms with Gasteiger partial charge in [0.2, 0.25) is 0 Å². The van der Waals surface area contributed by atoms with Crippen LogP contribution in [0.3, 0.4) is 0 Å². The Morgan fingerprint density at radius 3 is 2.53 bits per heavy atom. The lowest BCUT2D eigenvalue weighted by Gasteiger charge is -2.27. The van der Waals surface area contributed by atoms with Crippen molar-refractivity contribution in [3.63, 3.8) is 0 Å². The summed E-state index contributed by atoms with van der Waals surface area (Å²) >= 11 is 0. The van der Waals surface area contributed by atoms with Gasteiger partial charge < -0.3 is 9.64 Å². The monoisotopic (exact) mass is 419 g/mol. The number of hydrogen-bond donors (Lipinski definition) is 0. The second kappa shape index (κ2) is 7.47. The fourth-order valence-electron chi connectivity index (χ4n) is 3.70. The standard InChI is InChI=1S/C21H17F4N3O2/c1-27-19(13-6-3-2-4-7-13)14-10-11-28(12-16(14)26-27)20(29)15-8-5-9-17(18(15)22)30-21(23,24)25/h2-9H,10-12H2,1H3. The molecule has 2 heterocycles. The summed E-state index contributed by atoms with van der Waals surface area (Å²) in [7, 11) is 1.81. The molecular weight excluding hydrogens is 402 g/mol. The number of carbonyl (C=O) groups excluding carboxylic acids is 1. The van der Waals surface area contributed by atoms with Gasteiger partial charge in [-0.1, -0.05) is 36.4 Å². The molecule has 9 heteroatoms.